The Morgan fingerprint density at radius 2 is 2.23 bits per heavy atom. The fraction of sp³-hybridized carbons (Fsp3) is 0.706. The van der Waals surface area contributed by atoms with Gasteiger partial charge in [0.15, 0.2) is 0 Å². The van der Waals surface area contributed by atoms with E-state index >= 15 is 0 Å². The van der Waals surface area contributed by atoms with Crippen LogP contribution in [0.25, 0.3) is 0 Å². The number of hydrogen-bond acceptors (Lipinski definition) is 4. The van der Waals surface area contributed by atoms with Crippen LogP contribution in [0, 0.1) is 12.8 Å². The molecule has 1 aromatic heterocycles. The van der Waals surface area contributed by atoms with Gasteiger partial charge in [-0.05, 0) is 64.4 Å². The van der Waals surface area contributed by atoms with Gasteiger partial charge in [-0.3, -0.25) is 9.69 Å². The number of piperidine rings is 1. The summed E-state index contributed by atoms with van der Waals surface area (Å²) < 4.78 is 5.83. The first-order valence-electron chi connectivity index (χ1n) is 8.53. The number of amides is 1. The van der Waals surface area contributed by atoms with Crippen LogP contribution >= 0.6 is 0 Å². The summed E-state index contributed by atoms with van der Waals surface area (Å²) in [6, 6.07) is 4.22. The van der Waals surface area contributed by atoms with Crippen LogP contribution < -0.4 is 10.6 Å². The van der Waals surface area contributed by atoms with Crippen LogP contribution in [-0.2, 0) is 4.79 Å². The number of hydrogen-bond donors (Lipinski definition) is 2. The van der Waals surface area contributed by atoms with E-state index in [1.165, 1.54) is 12.8 Å². The van der Waals surface area contributed by atoms with E-state index in [2.05, 4.69) is 15.5 Å². The van der Waals surface area contributed by atoms with Gasteiger partial charge in [-0.15, -0.1) is 0 Å². The monoisotopic (exact) mass is 305 g/mol. The highest BCUT2D eigenvalue weighted by atomic mass is 16.3. The number of nitrogens with one attached hydrogen (secondary N) is 2. The normalized spacial score (nSPS) is 24.3. The third-order valence-electron chi connectivity index (χ3n) is 4.81. The van der Waals surface area contributed by atoms with Crippen LogP contribution in [-0.4, -0.2) is 43.5 Å². The second kappa shape index (κ2) is 7.29. The van der Waals surface area contributed by atoms with Gasteiger partial charge in [0.25, 0.3) is 0 Å². The lowest BCUT2D eigenvalue weighted by Crippen LogP contribution is -2.43. The van der Waals surface area contributed by atoms with E-state index in [9.17, 15) is 4.79 Å². The summed E-state index contributed by atoms with van der Waals surface area (Å²) in [5.74, 6) is 2.20. The maximum Gasteiger partial charge on any atom is 0.224 e. The Hall–Kier alpha value is -1.33. The molecular weight excluding hydrogens is 278 g/mol. The first-order valence-corrected chi connectivity index (χ1v) is 8.53. The molecule has 0 bridgehead atoms. The number of rotatable bonds is 5. The zero-order chi connectivity index (χ0) is 15.4. The number of aryl methyl sites for hydroxylation is 1. The van der Waals surface area contributed by atoms with Gasteiger partial charge in [-0.2, -0.15) is 0 Å². The maximum atomic E-state index is 12.4. The first-order chi connectivity index (χ1) is 10.7. The zero-order valence-electron chi connectivity index (χ0n) is 13.4. The van der Waals surface area contributed by atoms with Crippen molar-refractivity contribution in [2.24, 2.45) is 5.92 Å². The Kier molecular flexibility index (Phi) is 5.16. The molecule has 2 saturated heterocycles. The summed E-state index contributed by atoms with van der Waals surface area (Å²) in [5, 5.41) is 6.46. The molecule has 122 valence electrons. The van der Waals surface area contributed by atoms with Crippen molar-refractivity contribution in [3.8, 4) is 0 Å². The molecule has 0 saturated carbocycles. The molecular formula is C17H27N3O2. The Balaban J connectivity index is 1.61. The van der Waals surface area contributed by atoms with E-state index in [1.807, 2.05) is 19.1 Å². The molecule has 1 aromatic rings. The standard InChI is InChI=1S/C17H27N3O2/c1-13-6-7-16(22-13)15(20-9-2-3-10-20)12-19-17(21)14-5-4-8-18-11-14/h6-7,14-15,18H,2-5,8-12H2,1H3,(H,19,21). The Labute approximate surface area is 132 Å². The molecule has 5 nitrogen and oxygen atoms in total. The minimum absolute atomic E-state index is 0.117. The van der Waals surface area contributed by atoms with E-state index in [4.69, 9.17) is 4.42 Å². The predicted molar refractivity (Wildman–Crippen MR) is 85.6 cm³/mol. The van der Waals surface area contributed by atoms with Gasteiger partial charge in [0.2, 0.25) is 5.91 Å². The van der Waals surface area contributed by atoms with Crippen molar-refractivity contribution in [1.82, 2.24) is 15.5 Å². The average molecular weight is 305 g/mol. The summed E-state index contributed by atoms with van der Waals surface area (Å²) in [6.07, 6.45) is 4.55. The molecule has 3 rings (SSSR count). The summed E-state index contributed by atoms with van der Waals surface area (Å²) in [7, 11) is 0. The molecule has 22 heavy (non-hydrogen) atoms. The molecule has 0 aliphatic carbocycles. The molecule has 1 amide bonds. The smallest absolute Gasteiger partial charge is 0.224 e. The highest BCUT2D eigenvalue weighted by Crippen LogP contribution is 2.26. The van der Waals surface area contributed by atoms with Crippen molar-refractivity contribution in [2.75, 3.05) is 32.7 Å². The SMILES string of the molecule is Cc1ccc(C(CNC(=O)C2CCCNC2)N2CCCC2)o1. The van der Waals surface area contributed by atoms with Crippen molar-refractivity contribution in [3.63, 3.8) is 0 Å². The van der Waals surface area contributed by atoms with Gasteiger partial charge in [0.1, 0.15) is 11.5 Å². The van der Waals surface area contributed by atoms with E-state index < -0.39 is 0 Å². The van der Waals surface area contributed by atoms with Crippen LogP contribution in [0.1, 0.15) is 43.2 Å². The van der Waals surface area contributed by atoms with E-state index in [0.29, 0.717) is 6.54 Å². The maximum absolute atomic E-state index is 12.4. The Bertz CT molecular complexity index is 488. The summed E-state index contributed by atoms with van der Waals surface area (Å²) >= 11 is 0. The van der Waals surface area contributed by atoms with Gasteiger partial charge in [0, 0.05) is 13.1 Å². The van der Waals surface area contributed by atoms with Crippen LogP contribution in [0.15, 0.2) is 16.5 Å². The molecule has 2 N–H and O–H groups in total. The molecule has 5 heteroatoms. The van der Waals surface area contributed by atoms with Crippen LogP contribution in [0.4, 0.5) is 0 Å². The van der Waals surface area contributed by atoms with Gasteiger partial charge < -0.3 is 15.1 Å². The Morgan fingerprint density at radius 1 is 1.41 bits per heavy atom. The van der Waals surface area contributed by atoms with E-state index in [-0.39, 0.29) is 17.9 Å². The van der Waals surface area contributed by atoms with Crippen molar-refractivity contribution in [2.45, 2.75) is 38.6 Å². The second-order valence-corrected chi connectivity index (χ2v) is 6.50. The molecule has 0 aromatic carbocycles. The average Bonchev–Trinajstić information content (AvgIpc) is 3.21. The minimum atomic E-state index is 0.117. The molecule has 2 aliphatic heterocycles. The van der Waals surface area contributed by atoms with Gasteiger partial charge in [0.05, 0.1) is 12.0 Å². The highest BCUT2D eigenvalue weighted by molar-refractivity contribution is 5.79. The third kappa shape index (κ3) is 3.70. The van der Waals surface area contributed by atoms with Crippen LogP contribution in [0.3, 0.4) is 0 Å². The van der Waals surface area contributed by atoms with E-state index in [1.54, 1.807) is 0 Å². The lowest BCUT2D eigenvalue weighted by atomic mass is 9.98. The summed E-state index contributed by atoms with van der Waals surface area (Å²) in [5.41, 5.74) is 0. The van der Waals surface area contributed by atoms with Crippen molar-refractivity contribution >= 4 is 5.91 Å². The highest BCUT2D eigenvalue weighted by Gasteiger charge is 2.28. The molecule has 0 spiro atoms. The molecule has 3 heterocycles. The van der Waals surface area contributed by atoms with Crippen LogP contribution in [0.5, 0.6) is 0 Å². The summed E-state index contributed by atoms with van der Waals surface area (Å²) in [6.45, 7) is 6.63. The number of carbonyl (C=O) groups is 1. The van der Waals surface area contributed by atoms with Gasteiger partial charge >= 0.3 is 0 Å². The van der Waals surface area contributed by atoms with Crippen molar-refractivity contribution < 1.29 is 9.21 Å². The molecule has 0 radical (unpaired) electrons. The van der Waals surface area contributed by atoms with Crippen molar-refractivity contribution in [3.05, 3.63) is 23.7 Å². The molecule has 2 atom stereocenters. The number of likely N-dealkylation sites (tertiary alicyclic amines) is 1. The molecule has 2 aliphatic rings. The molecule has 2 fully saturated rings. The van der Waals surface area contributed by atoms with Gasteiger partial charge in [-0.25, -0.2) is 0 Å². The topological polar surface area (TPSA) is 57.5 Å². The quantitative estimate of drug-likeness (QED) is 0.871. The summed E-state index contributed by atoms with van der Waals surface area (Å²) in [4.78, 5) is 14.8. The lowest BCUT2D eigenvalue weighted by Gasteiger charge is -2.28. The third-order valence-corrected chi connectivity index (χ3v) is 4.81. The van der Waals surface area contributed by atoms with E-state index in [0.717, 1.165) is 50.5 Å². The van der Waals surface area contributed by atoms with Gasteiger partial charge in [-0.1, -0.05) is 0 Å². The zero-order valence-corrected chi connectivity index (χ0v) is 13.4. The fourth-order valence-corrected chi connectivity index (χ4v) is 3.51. The lowest BCUT2D eigenvalue weighted by molar-refractivity contribution is -0.125. The van der Waals surface area contributed by atoms with Crippen molar-refractivity contribution in [1.29, 1.82) is 0 Å². The molecule has 2 unspecified atom stereocenters. The number of carbonyl (C=O) groups excluding carboxylic acids is 1. The predicted octanol–water partition coefficient (Wildman–Crippen LogP) is 1.84. The second-order valence-electron chi connectivity index (χ2n) is 6.50. The largest absolute Gasteiger partial charge is 0.465 e. The number of nitrogens with zero attached hydrogens (tertiary/aromatic N) is 1. The first kappa shape index (κ1) is 15.6. The minimum Gasteiger partial charge on any atom is -0.465 e. The Morgan fingerprint density at radius 3 is 2.86 bits per heavy atom. The number of furan rings is 1. The fourth-order valence-electron chi connectivity index (χ4n) is 3.51. The van der Waals surface area contributed by atoms with Crippen LogP contribution in [0.2, 0.25) is 0 Å².